The van der Waals surface area contributed by atoms with Crippen LogP contribution in [0.3, 0.4) is 0 Å². The van der Waals surface area contributed by atoms with Crippen molar-refractivity contribution in [3.8, 4) is 0 Å². The fourth-order valence-electron chi connectivity index (χ4n) is 3.83. The van der Waals surface area contributed by atoms with Crippen molar-refractivity contribution in [1.29, 1.82) is 0 Å². The molecule has 1 heterocycles. The average Bonchev–Trinajstić information content (AvgIpc) is 2.35. The summed E-state index contributed by atoms with van der Waals surface area (Å²) in [7, 11) is 4.47. The summed E-state index contributed by atoms with van der Waals surface area (Å²) >= 11 is 0. The van der Waals surface area contributed by atoms with Crippen LogP contribution < -0.4 is 0 Å². The zero-order valence-electron chi connectivity index (χ0n) is 13.6. The van der Waals surface area contributed by atoms with Gasteiger partial charge in [-0.05, 0) is 19.8 Å². The molecule has 1 aliphatic carbocycles. The Morgan fingerprint density at radius 3 is 2.20 bits per heavy atom. The maximum Gasteiger partial charge on any atom is 0.0963 e. The molecule has 0 bridgehead atoms. The van der Waals surface area contributed by atoms with Gasteiger partial charge in [0.05, 0.1) is 37.9 Å². The highest BCUT2D eigenvalue weighted by atomic mass is 16.3. The smallest absolute Gasteiger partial charge is 0.0963 e. The summed E-state index contributed by atoms with van der Waals surface area (Å²) in [6, 6.07) is 0.432. The van der Waals surface area contributed by atoms with Crippen LogP contribution in [0, 0.1) is 5.92 Å². The van der Waals surface area contributed by atoms with Gasteiger partial charge in [-0.3, -0.25) is 0 Å². The van der Waals surface area contributed by atoms with Gasteiger partial charge < -0.3 is 14.7 Å². The number of hydrogen-bond donors (Lipinski definition) is 2. The van der Waals surface area contributed by atoms with Crippen molar-refractivity contribution < 1.29 is 14.7 Å². The quantitative estimate of drug-likeness (QED) is 0.603. The van der Waals surface area contributed by atoms with Gasteiger partial charge in [0.1, 0.15) is 0 Å². The van der Waals surface area contributed by atoms with Gasteiger partial charge in [0.2, 0.25) is 0 Å². The molecule has 2 aliphatic rings. The molecule has 3 nitrogen and oxygen atoms in total. The Labute approximate surface area is 123 Å². The first kappa shape index (κ1) is 16.0. The first-order chi connectivity index (χ1) is 9.17. The predicted octanol–water partition coefficient (Wildman–Crippen LogP) is 2.47. The van der Waals surface area contributed by atoms with Crippen LogP contribution in [0.15, 0.2) is 12.2 Å². The molecule has 2 rings (SSSR count). The third kappa shape index (κ3) is 3.26. The number of nitrogens with zero attached hydrogens (tertiary/aromatic N) is 1. The molecule has 2 N–H and O–H groups in total. The molecule has 3 atom stereocenters. The normalized spacial score (nSPS) is 40.9. The van der Waals surface area contributed by atoms with Crippen molar-refractivity contribution >= 4 is 0 Å². The number of aliphatic hydroxyl groups is 2. The fraction of sp³-hybridized carbons (Fsp3) is 0.882. The van der Waals surface area contributed by atoms with Gasteiger partial charge in [0.15, 0.2) is 0 Å². The van der Waals surface area contributed by atoms with Crippen LogP contribution in [0.1, 0.15) is 52.4 Å². The Bertz CT molecular complexity index is 371. The molecule has 0 spiro atoms. The van der Waals surface area contributed by atoms with Gasteiger partial charge in [-0.15, -0.1) is 0 Å². The van der Waals surface area contributed by atoms with Crippen molar-refractivity contribution in [3.05, 3.63) is 12.2 Å². The molecule has 116 valence electrons. The summed E-state index contributed by atoms with van der Waals surface area (Å²) in [5.41, 5.74) is -1.45. The molecule has 0 aromatic carbocycles. The molecule has 1 saturated heterocycles. The lowest BCUT2D eigenvalue weighted by molar-refractivity contribution is -0.924. The van der Waals surface area contributed by atoms with Crippen LogP contribution in [0.2, 0.25) is 0 Å². The van der Waals surface area contributed by atoms with Gasteiger partial charge in [-0.25, -0.2) is 0 Å². The highest BCUT2D eigenvalue weighted by Gasteiger charge is 2.46. The average molecular weight is 282 g/mol. The van der Waals surface area contributed by atoms with Crippen LogP contribution in [0.4, 0.5) is 0 Å². The number of likely N-dealkylation sites (tertiary alicyclic amines) is 1. The van der Waals surface area contributed by atoms with Crippen molar-refractivity contribution in [2.75, 3.05) is 20.6 Å². The predicted molar refractivity (Wildman–Crippen MR) is 82.3 cm³/mol. The van der Waals surface area contributed by atoms with Crippen LogP contribution >= 0.6 is 0 Å². The first-order valence-electron chi connectivity index (χ1n) is 8.15. The lowest BCUT2D eigenvalue weighted by Crippen LogP contribution is -2.61. The minimum absolute atomic E-state index is 0.220. The number of quaternary nitrogens is 1. The van der Waals surface area contributed by atoms with Crippen LogP contribution in [0.25, 0.3) is 0 Å². The van der Waals surface area contributed by atoms with Crippen LogP contribution in [-0.2, 0) is 0 Å². The molecule has 0 radical (unpaired) electrons. The Kier molecular flexibility index (Phi) is 4.35. The maximum absolute atomic E-state index is 11.0. The molecule has 20 heavy (non-hydrogen) atoms. The molecular weight excluding hydrogens is 250 g/mol. The van der Waals surface area contributed by atoms with E-state index in [0.717, 1.165) is 43.1 Å². The van der Waals surface area contributed by atoms with E-state index in [4.69, 9.17) is 0 Å². The Morgan fingerprint density at radius 1 is 1.00 bits per heavy atom. The molecule has 0 unspecified atom stereocenters. The molecular formula is C17H32NO2+. The second kappa shape index (κ2) is 5.43. The minimum atomic E-state index is -0.764. The van der Waals surface area contributed by atoms with Crippen molar-refractivity contribution in [3.63, 3.8) is 0 Å². The standard InChI is InChI=1S/C17H32NO2/c1-14-13-18(3,4)15(2)12-17(14,20)11-10-16(19)8-6-5-7-9-16/h10-11,14-15,19-20H,5-9,12-13H2,1-4H3/q+1/b11-10+/t14-,15-,17-/m1/s1. The summed E-state index contributed by atoms with van der Waals surface area (Å²) < 4.78 is 0.960. The Hall–Kier alpha value is -0.380. The van der Waals surface area contributed by atoms with Crippen LogP contribution in [0.5, 0.6) is 0 Å². The molecule has 1 saturated carbocycles. The van der Waals surface area contributed by atoms with E-state index in [9.17, 15) is 10.2 Å². The van der Waals surface area contributed by atoms with Crippen LogP contribution in [-0.4, -0.2) is 52.6 Å². The lowest BCUT2D eigenvalue weighted by Gasteiger charge is -2.49. The topological polar surface area (TPSA) is 40.5 Å². The van der Waals surface area contributed by atoms with E-state index in [0.29, 0.717) is 6.04 Å². The van der Waals surface area contributed by atoms with E-state index in [1.807, 2.05) is 12.2 Å². The Morgan fingerprint density at radius 2 is 1.60 bits per heavy atom. The second-order valence-electron chi connectivity index (χ2n) is 7.90. The van der Waals surface area contributed by atoms with Gasteiger partial charge in [0, 0.05) is 12.3 Å². The first-order valence-corrected chi connectivity index (χ1v) is 8.15. The maximum atomic E-state index is 11.0. The van der Waals surface area contributed by atoms with E-state index in [1.54, 1.807) is 0 Å². The highest BCUT2D eigenvalue weighted by molar-refractivity contribution is 5.12. The van der Waals surface area contributed by atoms with Gasteiger partial charge in [0.25, 0.3) is 0 Å². The molecule has 0 amide bonds. The van der Waals surface area contributed by atoms with E-state index >= 15 is 0 Å². The molecule has 0 aromatic heterocycles. The van der Waals surface area contributed by atoms with Crippen molar-refractivity contribution in [1.82, 2.24) is 0 Å². The fourth-order valence-corrected chi connectivity index (χ4v) is 3.83. The van der Waals surface area contributed by atoms with E-state index < -0.39 is 11.2 Å². The molecule has 2 fully saturated rings. The van der Waals surface area contributed by atoms with E-state index in [-0.39, 0.29) is 5.92 Å². The molecule has 3 heteroatoms. The third-order valence-electron chi connectivity index (χ3n) is 5.81. The van der Waals surface area contributed by atoms with Gasteiger partial charge in [-0.1, -0.05) is 38.3 Å². The van der Waals surface area contributed by atoms with Gasteiger partial charge >= 0.3 is 0 Å². The summed E-state index contributed by atoms with van der Waals surface area (Å²) in [6.45, 7) is 5.31. The number of hydrogen-bond acceptors (Lipinski definition) is 2. The van der Waals surface area contributed by atoms with Gasteiger partial charge in [-0.2, -0.15) is 0 Å². The van der Waals surface area contributed by atoms with Crippen molar-refractivity contribution in [2.45, 2.75) is 69.6 Å². The van der Waals surface area contributed by atoms with E-state index in [1.165, 1.54) is 6.42 Å². The Balaban J connectivity index is 2.10. The largest absolute Gasteiger partial charge is 0.386 e. The molecule has 0 aromatic rings. The molecule has 1 aliphatic heterocycles. The SMILES string of the molecule is C[C@@H]1C[N+](C)(C)[C@H](C)C[C@]1(O)/C=C/C1(O)CCCCC1. The lowest BCUT2D eigenvalue weighted by atomic mass is 9.76. The number of piperidine rings is 1. The highest BCUT2D eigenvalue weighted by Crippen LogP contribution is 2.37. The summed E-state index contributed by atoms with van der Waals surface area (Å²) in [6.07, 6.45) is 9.67. The zero-order valence-corrected chi connectivity index (χ0v) is 13.6. The number of rotatable bonds is 2. The zero-order chi connectivity index (χ0) is 15.0. The summed E-state index contributed by atoms with van der Waals surface area (Å²) in [5.74, 6) is 0.220. The summed E-state index contributed by atoms with van der Waals surface area (Å²) in [5, 5.41) is 21.5. The van der Waals surface area contributed by atoms with Crippen molar-refractivity contribution in [2.24, 2.45) is 5.92 Å². The monoisotopic (exact) mass is 282 g/mol. The van der Waals surface area contributed by atoms with E-state index in [2.05, 4.69) is 27.9 Å². The minimum Gasteiger partial charge on any atom is -0.386 e. The summed E-state index contributed by atoms with van der Waals surface area (Å²) in [4.78, 5) is 0. The second-order valence-corrected chi connectivity index (χ2v) is 7.90. The third-order valence-corrected chi connectivity index (χ3v) is 5.81.